The number of nitrogen functional groups attached to an aromatic ring is 1. The van der Waals surface area contributed by atoms with Gasteiger partial charge in [0.1, 0.15) is 22.9 Å². The highest BCUT2D eigenvalue weighted by Crippen LogP contribution is 2.40. The molecule has 2 unspecified atom stereocenters. The molecule has 2 aliphatic rings. The highest BCUT2D eigenvalue weighted by Gasteiger charge is 2.39. The van der Waals surface area contributed by atoms with Crippen LogP contribution >= 0.6 is 0 Å². The molecule has 0 amide bonds. The Balaban J connectivity index is 1.68. The SMILES string of the molecule is C#C/C(=C(/C)F)c1c(C)cc(N)cc1-c1ncc2c(N3CCOCC(C)C3)nc(OC[C@]3(C)CN(C)CCC3CC)nc2c1F. The standard InChI is InChI=1S/C35H44F2N6O2/c1-8-24-10-11-42(7)19-35(24,6)20-45-34-40-32-28(33(41-34)43-12-13-44-18-21(3)17-43)16-39-31(30(32)37)27-15-25(38)14-22(4)29(27)26(9-2)23(5)36/h2,14-16,21,24H,8,10-13,17-20,38H2,1,3-7H3/b26-23+/t21?,24?,35-/m0/s1. The van der Waals surface area contributed by atoms with Crippen LogP contribution in [0.5, 0.6) is 6.01 Å². The number of hydrogen-bond acceptors (Lipinski definition) is 8. The Morgan fingerprint density at radius 3 is 2.78 bits per heavy atom. The number of terminal acetylenes is 1. The van der Waals surface area contributed by atoms with Gasteiger partial charge in [-0.1, -0.05) is 33.1 Å². The zero-order valence-electron chi connectivity index (χ0n) is 27.2. The third-order valence-corrected chi connectivity index (χ3v) is 9.23. The molecule has 0 bridgehead atoms. The van der Waals surface area contributed by atoms with E-state index >= 15 is 4.39 Å². The molecule has 0 spiro atoms. The Morgan fingerprint density at radius 1 is 1.29 bits per heavy atom. The van der Waals surface area contributed by atoms with Crippen molar-refractivity contribution < 1.29 is 18.3 Å². The number of allylic oxidation sites excluding steroid dienone is 2. The summed E-state index contributed by atoms with van der Waals surface area (Å²) in [6, 6.07) is 3.35. The average Bonchev–Trinajstić information content (AvgIpc) is 3.21. The molecule has 0 aliphatic carbocycles. The molecule has 3 atom stereocenters. The first-order valence-corrected chi connectivity index (χ1v) is 15.7. The monoisotopic (exact) mass is 618 g/mol. The fourth-order valence-electron chi connectivity index (χ4n) is 7.00. The molecule has 2 N–H and O–H groups in total. The van der Waals surface area contributed by atoms with Crippen molar-refractivity contribution >= 4 is 28.0 Å². The number of likely N-dealkylation sites (tertiary alicyclic amines) is 1. The summed E-state index contributed by atoms with van der Waals surface area (Å²) in [5, 5.41) is 0.448. The Kier molecular flexibility index (Phi) is 9.61. The van der Waals surface area contributed by atoms with Crippen molar-refractivity contribution in [1.29, 1.82) is 0 Å². The van der Waals surface area contributed by atoms with E-state index in [1.165, 1.54) is 6.92 Å². The minimum absolute atomic E-state index is 0.0194. The molecular formula is C35H44F2N6O2. The second-order valence-electron chi connectivity index (χ2n) is 13.0. The van der Waals surface area contributed by atoms with Crippen LogP contribution in [0.15, 0.2) is 24.2 Å². The predicted molar refractivity (Wildman–Crippen MR) is 176 cm³/mol. The number of hydrogen-bond donors (Lipinski definition) is 1. The van der Waals surface area contributed by atoms with Gasteiger partial charge in [0, 0.05) is 48.1 Å². The predicted octanol–water partition coefficient (Wildman–Crippen LogP) is 6.27. The zero-order valence-corrected chi connectivity index (χ0v) is 27.2. The fourth-order valence-corrected chi connectivity index (χ4v) is 7.00. The van der Waals surface area contributed by atoms with E-state index in [9.17, 15) is 4.39 Å². The third kappa shape index (κ3) is 6.61. The molecule has 2 saturated heterocycles. The Hall–Kier alpha value is -3.81. The van der Waals surface area contributed by atoms with Crippen LogP contribution in [-0.4, -0.2) is 72.9 Å². The molecule has 240 valence electrons. The van der Waals surface area contributed by atoms with Crippen LogP contribution in [0.1, 0.15) is 51.7 Å². The number of aryl methyl sites for hydroxylation is 1. The molecule has 0 radical (unpaired) electrons. The summed E-state index contributed by atoms with van der Waals surface area (Å²) in [6.07, 6.45) is 9.41. The second-order valence-corrected chi connectivity index (χ2v) is 13.0. The van der Waals surface area contributed by atoms with Crippen molar-refractivity contribution in [3.8, 4) is 29.6 Å². The van der Waals surface area contributed by atoms with Crippen LogP contribution in [0.3, 0.4) is 0 Å². The quantitative estimate of drug-likeness (QED) is 0.245. The van der Waals surface area contributed by atoms with Crippen LogP contribution in [0.2, 0.25) is 0 Å². The van der Waals surface area contributed by atoms with Gasteiger partial charge in [-0.2, -0.15) is 9.97 Å². The van der Waals surface area contributed by atoms with Gasteiger partial charge in [0.25, 0.3) is 0 Å². The maximum Gasteiger partial charge on any atom is 0.319 e. The molecule has 45 heavy (non-hydrogen) atoms. The van der Waals surface area contributed by atoms with Gasteiger partial charge < -0.3 is 25.0 Å². The molecule has 8 nitrogen and oxygen atoms in total. The molecule has 10 heteroatoms. The van der Waals surface area contributed by atoms with E-state index in [-0.39, 0.29) is 34.1 Å². The van der Waals surface area contributed by atoms with Crippen molar-refractivity contribution in [2.75, 3.05) is 63.7 Å². The largest absolute Gasteiger partial charge is 0.463 e. The fraction of sp³-hybridized carbons (Fsp3) is 0.514. The van der Waals surface area contributed by atoms with Crippen molar-refractivity contribution in [1.82, 2.24) is 19.9 Å². The Bertz CT molecular complexity index is 1650. The van der Waals surface area contributed by atoms with Crippen LogP contribution in [-0.2, 0) is 4.74 Å². The first-order chi connectivity index (χ1) is 21.4. The smallest absolute Gasteiger partial charge is 0.319 e. The summed E-state index contributed by atoms with van der Waals surface area (Å²) in [5.74, 6) is 2.43. The average molecular weight is 619 g/mol. The summed E-state index contributed by atoms with van der Waals surface area (Å²) in [6.45, 7) is 14.3. The molecular weight excluding hydrogens is 574 g/mol. The van der Waals surface area contributed by atoms with E-state index in [2.05, 4.69) is 53.5 Å². The number of halogens is 2. The minimum Gasteiger partial charge on any atom is -0.463 e. The van der Waals surface area contributed by atoms with E-state index in [1.54, 1.807) is 25.3 Å². The first-order valence-electron chi connectivity index (χ1n) is 15.7. The lowest BCUT2D eigenvalue weighted by Crippen LogP contribution is -2.48. The van der Waals surface area contributed by atoms with Crippen LogP contribution in [0.25, 0.3) is 27.7 Å². The summed E-state index contributed by atoms with van der Waals surface area (Å²) in [7, 11) is 2.12. The van der Waals surface area contributed by atoms with Crippen molar-refractivity contribution in [3.63, 3.8) is 0 Å². The molecule has 2 aromatic heterocycles. The maximum absolute atomic E-state index is 16.8. The van der Waals surface area contributed by atoms with Gasteiger partial charge in [-0.05, 0) is 63.4 Å². The van der Waals surface area contributed by atoms with Crippen molar-refractivity contribution in [2.45, 2.75) is 47.5 Å². The van der Waals surface area contributed by atoms with E-state index < -0.39 is 11.6 Å². The number of aromatic nitrogens is 3. The first kappa shape index (κ1) is 32.6. The number of piperidine rings is 1. The van der Waals surface area contributed by atoms with Crippen molar-refractivity contribution in [3.05, 3.63) is 41.1 Å². The number of ether oxygens (including phenoxy) is 2. The van der Waals surface area contributed by atoms with Gasteiger partial charge in [-0.25, -0.2) is 8.78 Å². The molecule has 1 aromatic carbocycles. The number of pyridine rings is 1. The number of fused-ring (bicyclic) bond motifs is 1. The molecule has 2 fully saturated rings. The summed E-state index contributed by atoms with van der Waals surface area (Å²) >= 11 is 0. The van der Waals surface area contributed by atoms with Gasteiger partial charge in [0.15, 0.2) is 5.82 Å². The van der Waals surface area contributed by atoms with Gasteiger partial charge in [-0.15, -0.1) is 6.42 Å². The van der Waals surface area contributed by atoms with E-state index in [4.69, 9.17) is 26.6 Å². The van der Waals surface area contributed by atoms with E-state index in [0.29, 0.717) is 72.4 Å². The van der Waals surface area contributed by atoms with Gasteiger partial charge in [-0.3, -0.25) is 4.98 Å². The highest BCUT2D eigenvalue weighted by molar-refractivity contribution is 5.95. The topological polar surface area (TPSA) is 89.6 Å². The molecule has 0 saturated carbocycles. The molecule has 4 heterocycles. The van der Waals surface area contributed by atoms with Gasteiger partial charge in [0.2, 0.25) is 0 Å². The third-order valence-electron chi connectivity index (χ3n) is 9.23. The van der Waals surface area contributed by atoms with Crippen LogP contribution in [0, 0.1) is 42.3 Å². The maximum atomic E-state index is 16.8. The summed E-state index contributed by atoms with van der Waals surface area (Å²) in [4.78, 5) is 18.5. The molecule has 3 aromatic rings. The summed E-state index contributed by atoms with van der Waals surface area (Å²) in [5.41, 5.74) is 7.76. The van der Waals surface area contributed by atoms with E-state index in [0.717, 1.165) is 25.9 Å². The van der Waals surface area contributed by atoms with E-state index in [1.807, 2.05) is 0 Å². The number of nitrogens with two attached hydrogens (primary N) is 1. The van der Waals surface area contributed by atoms with Crippen LogP contribution in [0.4, 0.5) is 20.3 Å². The lowest BCUT2D eigenvalue weighted by atomic mass is 9.72. The highest BCUT2D eigenvalue weighted by atomic mass is 19.1. The zero-order chi connectivity index (χ0) is 32.5. The summed E-state index contributed by atoms with van der Waals surface area (Å²) < 4.78 is 43.6. The normalized spacial score (nSPS) is 23.4. The lowest BCUT2D eigenvalue weighted by molar-refractivity contribution is 0.00927. The lowest BCUT2D eigenvalue weighted by Gasteiger charge is -2.44. The van der Waals surface area contributed by atoms with Gasteiger partial charge >= 0.3 is 6.01 Å². The Labute approximate surface area is 265 Å². The number of benzene rings is 1. The van der Waals surface area contributed by atoms with Gasteiger partial charge in [0.05, 0.1) is 30.8 Å². The molecule has 2 aliphatic heterocycles. The second kappa shape index (κ2) is 13.3. The van der Waals surface area contributed by atoms with Crippen molar-refractivity contribution in [2.24, 2.45) is 17.3 Å². The number of nitrogens with zero attached hydrogens (tertiary/aromatic N) is 5. The van der Waals surface area contributed by atoms with Crippen LogP contribution < -0.4 is 15.4 Å². The number of rotatable bonds is 7. The Morgan fingerprint density at radius 2 is 2.07 bits per heavy atom. The number of anilines is 2. The minimum atomic E-state index is -0.686. The molecule has 5 rings (SSSR count).